The second-order valence-corrected chi connectivity index (χ2v) is 10.1. The highest BCUT2D eigenvalue weighted by Crippen LogP contribution is 2.23. The van der Waals surface area contributed by atoms with E-state index in [0.29, 0.717) is 23.8 Å². The van der Waals surface area contributed by atoms with E-state index in [2.05, 4.69) is 20.3 Å². The SMILES string of the molecule is [3H]c1ccc(S(=O)(=O)N[C@@H](CNC(=O)c2cc3cc(OCC4CCNCC4)ccc3[nH]2)C(=O)O)cc1. The number of aliphatic carboxylic acids is 1. The van der Waals surface area contributed by atoms with Gasteiger partial charge in [0.2, 0.25) is 10.0 Å². The second-order valence-electron chi connectivity index (χ2n) is 8.39. The third kappa shape index (κ3) is 6.38. The van der Waals surface area contributed by atoms with Crippen LogP contribution >= 0.6 is 0 Å². The first kappa shape index (κ1) is 23.3. The summed E-state index contributed by atoms with van der Waals surface area (Å²) in [6.45, 7) is 2.15. The number of carboxylic acid groups (broad SMARTS) is 1. The molecule has 1 fully saturated rings. The Morgan fingerprint density at radius 1 is 1.17 bits per heavy atom. The first-order chi connectivity index (χ1) is 17.2. The van der Waals surface area contributed by atoms with E-state index in [9.17, 15) is 23.1 Å². The van der Waals surface area contributed by atoms with E-state index < -0.39 is 34.5 Å². The number of carboxylic acids is 1. The van der Waals surface area contributed by atoms with Crippen LogP contribution in [0.25, 0.3) is 10.9 Å². The second kappa shape index (κ2) is 10.9. The van der Waals surface area contributed by atoms with Crippen molar-refractivity contribution in [1.29, 1.82) is 0 Å². The summed E-state index contributed by atoms with van der Waals surface area (Å²) >= 11 is 0. The number of carbonyl (C=O) groups is 2. The number of rotatable bonds is 10. The maximum absolute atomic E-state index is 12.7. The molecule has 3 aromatic rings. The molecule has 0 unspecified atom stereocenters. The van der Waals surface area contributed by atoms with Gasteiger partial charge in [0.25, 0.3) is 5.91 Å². The molecule has 2 aromatic carbocycles. The van der Waals surface area contributed by atoms with Crippen molar-refractivity contribution in [3.05, 3.63) is 60.3 Å². The van der Waals surface area contributed by atoms with Gasteiger partial charge in [-0.25, -0.2) is 8.42 Å². The molecule has 1 atom stereocenters. The van der Waals surface area contributed by atoms with Gasteiger partial charge < -0.3 is 25.5 Å². The minimum Gasteiger partial charge on any atom is -0.493 e. The lowest BCUT2D eigenvalue weighted by molar-refractivity contribution is -0.138. The highest BCUT2D eigenvalue weighted by atomic mass is 32.2. The van der Waals surface area contributed by atoms with E-state index in [1.807, 2.05) is 12.1 Å². The summed E-state index contributed by atoms with van der Waals surface area (Å²) in [5.41, 5.74) is 0.918. The van der Waals surface area contributed by atoms with Gasteiger partial charge >= 0.3 is 5.97 Å². The average Bonchev–Trinajstić information content (AvgIpc) is 3.29. The lowest BCUT2D eigenvalue weighted by atomic mass is 9.99. The van der Waals surface area contributed by atoms with Crippen molar-refractivity contribution in [2.24, 2.45) is 5.92 Å². The van der Waals surface area contributed by atoms with Crippen molar-refractivity contribution < 1.29 is 29.2 Å². The van der Waals surface area contributed by atoms with Gasteiger partial charge in [-0.05, 0) is 68.2 Å². The summed E-state index contributed by atoms with van der Waals surface area (Å²) in [6.07, 6.45) is 2.14. The zero-order chi connectivity index (χ0) is 25.7. The van der Waals surface area contributed by atoms with Crippen LogP contribution in [0, 0.1) is 5.92 Å². The molecule has 1 aliphatic rings. The van der Waals surface area contributed by atoms with Crippen molar-refractivity contribution in [3.8, 4) is 5.75 Å². The first-order valence-electron chi connectivity index (χ1n) is 11.8. The lowest BCUT2D eigenvalue weighted by Gasteiger charge is -2.22. The maximum atomic E-state index is 12.7. The third-order valence-electron chi connectivity index (χ3n) is 5.84. The van der Waals surface area contributed by atoms with Gasteiger partial charge in [0, 0.05) is 17.4 Å². The number of carbonyl (C=O) groups excluding carboxylic acids is 1. The fourth-order valence-corrected chi connectivity index (χ4v) is 5.05. The Balaban J connectivity index is 1.37. The molecular weight excluding hydrogens is 472 g/mol. The fraction of sp³-hybridized carbons (Fsp3) is 0.333. The summed E-state index contributed by atoms with van der Waals surface area (Å²) in [5.74, 6) is -0.813. The van der Waals surface area contributed by atoms with Gasteiger partial charge in [0.05, 0.1) is 12.9 Å². The maximum Gasteiger partial charge on any atom is 0.323 e. The molecular formula is C24H28N4O6S. The van der Waals surface area contributed by atoms with Crippen LogP contribution in [-0.2, 0) is 14.8 Å². The number of H-pyrrole nitrogens is 1. The fourth-order valence-electron chi connectivity index (χ4n) is 3.86. The Bertz CT molecular complexity index is 1340. The average molecular weight is 503 g/mol. The molecule has 5 N–H and O–H groups in total. The van der Waals surface area contributed by atoms with Gasteiger partial charge in [-0.2, -0.15) is 4.72 Å². The van der Waals surface area contributed by atoms with Crippen molar-refractivity contribution in [3.63, 3.8) is 0 Å². The summed E-state index contributed by atoms with van der Waals surface area (Å²) in [7, 11) is -4.16. The number of benzene rings is 2. The molecule has 2 heterocycles. The molecule has 10 nitrogen and oxygen atoms in total. The van der Waals surface area contributed by atoms with Gasteiger partial charge in [0.15, 0.2) is 0 Å². The topological polar surface area (TPSA) is 150 Å². The van der Waals surface area contributed by atoms with E-state index >= 15 is 0 Å². The zero-order valence-electron chi connectivity index (χ0n) is 19.9. The van der Waals surface area contributed by atoms with Crippen LogP contribution in [-0.4, -0.2) is 62.7 Å². The Labute approximate surface area is 204 Å². The van der Waals surface area contributed by atoms with E-state index in [-0.39, 0.29) is 16.6 Å². The number of ether oxygens (including phenoxy) is 1. The Morgan fingerprint density at radius 3 is 2.63 bits per heavy atom. The van der Waals surface area contributed by atoms with E-state index in [4.69, 9.17) is 6.11 Å². The van der Waals surface area contributed by atoms with Crippen LogP contribution in [0.15, 0.2) is 59.5 Å². The number of hydrogen-bond acceptors (Lipinski definition) is 6. The molecule has 11 heteroatoms. The summed E-state index contributed by atoms with van der Waals surface area (Å²) in [6, 6.07) is 10.6. The smallest absolute Gasteiger partial charge is 0.323 e. The molecule has 186 valence electrons. The molecule has 0 aliphatic carbocycles. The molecule has 4 rings (SSSR count). The number of aromatic amines is 1. The number of fused-ring (bicyclic) bond motifs is 1. The number of aromatic nitrogens is 1. The zero-order valence-corrected chi connectivity index (χ0v) is 19.7. The minimum atomic E-state index is -4.16. The third-order valence-corrected chi connectivity index (χ3v) is 7.33. The number of sulfonamides is 1. The number of nitrogens with one attached hydrogen (secondary N) is 4. The molecule has 0 bridgehead atoms. The van der Waals surface area contributed by atoms with Crippen LogP contribution in [0.1, 0.15) is 24.7 Å². The molecule has 1 aliphatic heterocycles. The normalized spacial score (nSPS) is 15.9. The van der Waals surface area contributed by atoms with E-state index in [1.54, 1.807) is 12.1 Å². The quantitative estimate of drug-likeness (QED) is 0.283. The largest absolute Gasteiger partial charge is 0.493 e. The highest BCUT2D eigenvalue weighted by Gasteiger charge is 2.26. The van der Waals surface area contributed by atoms with Gasteiger partial charge in [-0.15, -0.1) is 0 Å². The van der Waals surface area contributed by atoms with Crippen molar-refractivity contribution >= 4 is 32.8 Å². The van der Waals surface area contributed by atoms with Crippen molar-refractivity contribution in [2.45, 2.75) is 23.8 Å². The van der Waals surface area contributed by atoms with Crippen LogP contribution in [0.5, 0.6) is 5.75 Å². The summed E-state index contributed by atoms with van der Waals surface area (Å²) < 4.78 is 40.5. The van der Waals surface area contributed by atoms with Gasteiger partial charge in [-0.3, -0.25) is 9.59 Å². The van der Waals surface area contributed by atoms with Gasteiger partial charge in [-0.1, -0.05) is 18.2 Å². The minimum absolute atomic E-state index is 0.120. The summed E-state index contributed by atoms with van der Waals surface area (Å²) in [4.78, 5) is 27.1. The number of piperidine rings is 1. The van der Waals surface area contributed by atoms with Crippen LogP contribution in [0.3, 0.4) is 0 Å². The Morgan fingerprint density at radius 2 is 1.91 bits per heavy atom. The molecule has 0 radical (unpaired) electrons. The Hall–Kier alpha value is -3.41. The number of hydrogen-bond donors (Lipinski definition) is 5. The first-order valence-corrected chi connectivity index (χ1v) is 12.8. The molecule has 1 aromatic heterocycles. The molecule has 1 amide bonds. The highest BCUT2D eigenvalue weighted by molar-refractivity contribution is 7.89. The Kier molecular flexibility index (Phi) is 7.26. The van der Waals surface area contributed by atoms with E-state index in [0.717, 1.165) is 31.3 Å². The van der Waals surface area contributed by atoms with Crippen molar-refractivity contribution in [2.75, 3.05) is 26.2 Å². The van der Waals surface area contributed by atoms with Crippen LogP contribution in [0.2, 0.25) is 0 Å². The predicted octanol–water partition coefficient (Wildman–Crippen LogP) is 1.71. The standard InChI is InChI=1S/C24H28N4O6S/c29-23(26-14-22(24(30)31)28-35(32,33)19-4-2-1-3-5-19)21-13-17-12-18(6-7-20(17)27-21)34-15-16-8-10-25-11-9-16/h1-7,12-13,16,22,25,27-28H,8-11,14-15H2,(H,26,29)(H,30,31)/t22-/m0/s1/i1T. The summed E-state index contributed by atoms with van der Waals surface area (Å²) in [5, 5.41) is 16.0. The van der Waals surface area contributed by atoms with Crippen molar-refractivity contribution in [1.82, 2.24) is 20.3 Å². The monoisotopic (exact) mass is 502 g/mol. The van der Waals surface area contributed by atoms with Gasteiger partial charge in [0.1, 0.15) is 17.5 Å². The van der Waals surface area contributed by atoms with E-state index in [1.165, 1.54) is 24.3 Å². The molecule has 1 saturated heterocycles. The van der Waals surface area contributed by atoms with Crippen LogP contribution in [0.4, 0.5) is 0 Å². The van der Waals surface area contributed by atoms with Crippen LogP contribution < -0.4 is 20.1 Å². The number of amides is 1. The molecule has 0 spiro atoms. The lowest BCUT2D eigenvalue weighted by Crippen LogP contribution is -2.48. The molecule has 0 saturated carbocycles. The molecule has 35 heavy (non-hydrogen) atoms. The predicted molar refractivity (Wildman–Crippen MR) is 130 cm³/mol.